The van der Waals surface area contributed by atoms with E-state index in [1.165, 1.54) is 23.9 Å². The summed E-state index contributed by atoms with van der Waals surface area (Å²) in [6.07, 6.45) is 2.85. The number of benzene rings is 1. The Labute approximate surface area is 208 Å². The smallest absolute Gasteiger partial charge is 0.338 e. The number of hydrogen-bond donors (Lipinski definition) is 2. The fourth-order valence-corrected chi connectivity index (χ4v) is 5.20. The highest BCUT2D eigenvalue weighted by Gasteiger charge is 2.35. The molecule has 186 valence electrons. The van der Waals surface area contributed by atoms with E-state index in [1.54, 1.807) is 12.1 Å². The molecular weight excluding hydrogens is 470 g/mol. The average Bonchev–Trinajstić information content (AvgIpc) is 3.45. The Morgan fingerprint density at radius 2 is 1.94 bits per heavy atom. The number of amidine groups is 1. The van der Waals surface area contributed by atoms with Crippen molar-refractivity contribution in [3.05, 3.63) is 29.8 Å². The zero-order valence-corrected chi connectivity index (χ0v) is 20.7. The van der Waals surface area contributed by atoms with Gasteiger partial charge in [0.2, 0.25) is 5.91 Å². The number of nitrogens with one attached hydrogen (secondary N) is 2. The van der Waals surface area contributed by atoms with Crippen LogP contribution in [0.15, 0.2) is 29.3 Å². The molecule has 3 amide bonds. The quantitative estimate of drug-likeness (QED) is 0.494. The minimum Gasteiger partial charge on any atom is -0.452 e. The Hall–Kier alpha value is -3.39. The van der Waals surface area contributed by atoms with Gasteiger partial charge in [0.25, 0.3) is 11.8 Å². The monoisotopic (exact) mass is 499 g/mol. The van der Waals surface area contributed by atoms with Gasteiger partial charge in [0, 0.05) is 25.2 Å². The number of rotatable bonds is 9. The first-order valence-corrected chi connectivity index (χ1v) is 12.5. The summed E-state index contributed by atoms with van der Waals surface area (Å²) in [7, 11) is 0. The van der Waals surface area contributed by atoms with Crippen LogP contribution in [0, 0.1) is 11.3 Å². The first kappa shape index (κ1) is 26.2. The molecule has 35 heavy (non-hydrogen) atoms. The topological polar surface area (TPSA) is 141 Å². The Bertz CT molecular complexity index is 1060. The van der Waals surface area contributed by atoms with Crippen molar-refractivity contribution in [1.82, 2.24) is 10.2 Å². The Kier molecular flexibility index (Phi) is 8.87. The highest BCUT2D eigenvalue weighted by molar-refractivity contribution is 8.15. The molecule has 1 saturated carbocycles. The molecule has 0 saturated heterocycles. The van der Waals surface area contributed by atoms with Crippen LogP contribution in [0.3, 0.4) is 0 Å². The molecule has 0 radical (unpaired) electrons. The van der Waals surface area contributed by atoms with Crippen LogP contribution in [0.4, 0.5) is 5.69 Å². The highest BCUT2D eigenvalue weighted by atomic mass is 32.2. The van der Waals surface area contributed by atoms with Crippen LogP contribution in [0.5, 0.6) is 0 Å². The lowest BCUT2D eigenvalue weighted by Crippen LogP contribution is -2.46. The average molecular weight is 500 g/mol. The number of carbonyl (C=O) groups is 4. The summed E-state index contributed by atoms with van der Waals surface area (Å²) in [5, 5.41) is 14.7. The summed E-state index contributed by atoms with van der Waals surface area (Å²) in [5.41, 5.74) is -0.363. The largest absolute Gasteiger partial charge is 0.452 e. The van der Waals surface area contributed by atoms with Crippen molar-refractivity contribution in [2.45, 2.75) is 56.7 Å². The van der Waals surface area contributed by atoms with Crippen LogP contribution in [0.25, 0.3) is 0 Å². The molecule has 11 heteroatoms. The molecule has 1 fully saturated rings. The van der Waals surface area contributed by atoms with Crippen molar-refractivity contribution >= 4 is 46.3 Å². The van der Waals surface area contributed by atoms with Gasteiger partial charge >= 0.3 is 5.97 Å². The molecule has 3 rings (SSSR count). The minimum absolute atomic E-state index is 0.0484. The molecule has 1 atom stereocenters. The lowest BCUT2D eigenvalue weighted by Gasteiger charge is -2.21. The Balaban J connectivity index is 1.50. The summed E-state index contributed by atoms with van der Waals surface area (Å²) in [6.45, 7) is 4.88. The molecule has 10 nitrogen and oxygen atoms in total. The van der Waals surface area contributed by atoms with Crippen LogP contribution in [0.1, 0.15) is 56.3 Å². The van der Waals surface area contributed by atoms with E-state index in [0.717, 1.165) is 25.9 Å². The van der Waals surface area contributed by atoms with Crippen LogP contribution >= 0.6 is 11.8 Å². The molecule has 0 bridgehead atoms. The van der Waals surface area contributed by atoms with E-state index in [2.05, 4.69) is 21.7 Å². The van der Waals surface area contributed by atoms with E-state index in [0.29, 0.717) is 23.7 Å². The number of amides is 3. The van der Waals surface area contributed by atoms with E-state index in [9.17, 15) is 24.4 Å². The van der Waals surface area contributed by atoms with Gasteiger partial charge in [0.15, 0.2) is 11.8 Å². The van der Waals surface area contributed by atoms with Gasteiger partial charge in [-0.1, -0.05) is 17.8 Å². The minimum atomic E-state index is -0.885. The van der Waals surface area contributed by atoms with E-state index in [-0.39, 0.29) is 23.8 Å². The van der Waals surface area contributed by atoms with Gasteiger partial charge in [-0.05, 0) is 57.7 Å². The summed E-state index contributed by atoms with van der Waals surface area (Å²) >= 11 is 1.28. The predicted octanol–water partition coefficient (Wildman–Crippen LogP) is 2.46. The van der Waals surface area contributed by atoms with E-state index < -0.39 is 29.3 Å². The number of carbonyl (C=O) groups excluding carboxylic acids is 4. The fraction of sp³-hybridized carbons (Fsp3) is 0.500. The maximum absolute atomic E-state index is 12.5. The Morgan fingerprint density at radius 3 is 2.60 bits per heavy atom. The van der Waals surface area contributed by atoms with Crippen LogP contribution in [-0.4, -0.2) is 64.2 Å². The predicted molar refractivity (Wildman–Crippen MR) is 132 cm³/mol. The fourth-order valence-electron chi connectivity index (χ4n) is 4.00. The maximum atomic E-state index is 12.5. The molecule has 2 aliphatic rings. The van der Waals surface area contributed by atoms with Gasteiger partial charge in [-0.25, -0.2) is 4.79 Å². The van der Waals surface area contributed by atoms with Crippen molar-refractivity contribution in [3.63, 3.8) is 0 Å². The van der Waals surface area contributed by atoms with Gasteiger partial charge in [-0.3, -0.25) is 14.4 Å². The summed E-state index contributed by atoms with van der Waals surface area (Å²) in [4.78, 5) is 55.3. The third-order valence-electron chi connectivity index (χ3n) is 5.90. The second kappa shape index (κ2) is 11.8. The molecule has 0 spiro atoms. The normalized spacial score (nSPS) is 18.4. The highest BCUT2D eigenvalue weighted by Crippen LogP contribution is 2.29. The molecule has 1 aromatic carbocycles. The van der Waals surface area contributed by atoms with E-state index >= 15 is 0 Å². The SMILES string of the molecule is CCN(CC)C1=NC(=O)C(CC(=O)Nc2cccc(C(=O)OCC(=O)NC3(C#N)CCCC3)c2)S1. The summed E-state index contributed by atoms with van der Waals surface area (Å²) in [6, 6.07) is 8.28. The van der Waals surface area contributed by atoms with Gasteiger partial charge in [0.05, 0.1) is 11.6 Å². The summed E-state index contributed by atoms with van der Waals surface area (Å²) < 4.78 is 5.09. The second-order valence-corrected chi connectivity index (χ2v) is 9.54. The number of nitrogens with zero attached hydrogens (tertiary/aromatic N) is 3. The number of hydrogen-bond acceptors (Lipinski definition) is 8. The number of ether oxygens (including phenoxy) is 1. The second-order valence-electron chi connectivity index (χ2n) is 8.37. The van der Waals surface area contributed by atoms with Crippen molar-refractivity contribution in [1.29, 1.82) is 5.26 Å². The Morgan fingerprint density at radius 1 is 1.23 bits per heavy atom. The van der Waals surface area contributed by atoms with E-state index in [1.807, 2.05) is 18.7 Å². The standard InChI is InChI=1S/C24H29N5O5S/c1-3-29(4-2)23-27-21(32)18(35-23)13-19(30)26-17-9-7-8-16(12-17)22(33)34-14-20(31)28-24(15-25)10-5-6-11-24/h7-9,12,18H,3-6,10-11,13-14H2,1-2H3,(H,26,30)(H,28,31). The third-order valence-corrected chi connectivity index (χ3v) is 7.11. The molecule has 1 aliphatic heterocycles. The van der Waals surface area contributed by atoms with Gasteiger partial charge in [-0.15, -0.1) is 0 Å². The maximum Gasteiger partial charge on any atom is 0.338 e. The van der Waals surface area contributed by atoms with Crippen molar-refractivity contribution in [2.75, 3.05) is 25.0 Å². The summed E-state index contributed by atoms with van der Waals surface area (Å²) in [5.74, 6) is -1.97. The van der Waals surface area contributed by atoms with Crippen molar-refractivity contribution in [3.8, 4) is 6.07 Å². The van der Waals surface area contributed by atoms with Gasteiger partial charge < -0.3 is 20.3 Å². The number of nitriles is 1. The zero-order chi connectivity index (χ0) is 25.4. The molecule has 2 N–H and O–H groups in total. The van der Waals surface area contributed by atoms with Crippen molar-refractivity contribution in [2.24, 2.45) is 4.99 Å². The first-order valence-electron chi connectivity index (χ1n) is 11.6. The van der Waals surface area contributed by atoms with Gasteiger partial charge in [0.1, 0.15) is 10.8 Å². The molecule has 1 heterocycles. The molecular formula is C24H29N5O5S. The number of esters is 1. The molecule has 1 aromatic rings. The van der Waals surface area contributed by atoms with Crippen LogP contribution < -0.4 is 10.6 Å². The van der Waals surface area contributed by atoms with Gasteiger partial charge in [-0.2, -0.15) is 10.3 Å². The molecule has 1 aliphatic carbocycles. The van der Waals surface area contributed by atoms with Crippen LogP contribution in [0.2, 0.25) is 0 Å². The number of anilines is 1. The zero-order valence-electron chi connectivity index (χ0n) is 19.8. The molecule has 0 aromatic heterocycles. The third kappa shape index (κ3) is 6.82. The number of thioether (sulfide) groups is 1. The van der Waals surface area contributed by atoms with E-state index in [4.69, 9.17) is 4.74 Å². The van der Waals surface area contributed by atoms with Crippen LogP contribution in [-0.2, 0) is 19.1 Å². The first-order chi connectivity index (χ1) is 16.8. The van der Waals surface area contributed by atoms with Crippen molar-refractivity contribution < 1.29 is 23.9 Å². The lowest BCUT2D eigenvalue weighted by molar-refractivity contribution is -0.125. The number of aliphatic imine (C=N–C) groups is 1. The lowest BCUT2D eigenvalue weighted by atomic mass is 10.00. The molecule has 1 unspecified atom stereocenters.